The maximum Gasteiger partial charge on any atom is 0.142 e. The molecule has 0 spiro atoms. The van der Waals surface area contributed by atoms with E-state index < -0.39 is 0 Å². The highest BCUT2D eigenvalue weighted by molar-refractivity contribution is 5.84. The molecule has 23 heavy (non-hydrogen) atoms. The Morgan fingerprint density at radius 2 is 1.91 bits per heavy atom. The van der Waals surface area contributed by atoms with Gasteiger partial charge in [-0.3, -0.25) is 0 Å². The van der Waals surface area contributed by atoms with Crippen molar-refractivity contribution in [2.45, 2.75) is 6.54 Å². The molecule has 5 heteroatoms. The number of hydrogen-bond donors (Lipinski definition) is 1. The number of fused-ring (bicyclic) bond motifs is 1. The topological polar surface area (TPSA) is 64.8 Å². The lowest BCUT2D eigenvalue weighted by Gasteiger charge is -2.15. The first-order valence-electron chi connectivity index (χ1n) is 7.34. The van der Waals surface area contributed by atoms with Crippen LogP contribution < -0.4 is 10.2 Å². The number of hydrogen-bond acceptors (Lipinski definition) is 5. The number of nitriles is 1. The summed E-state index contributed by atoms with van der Waals surface area (Å²) in [5.41, 5.74) is 2.52. The minimum absolute atomic E-state index is 0.406. The third kappa shape index (κ3) is 3.22. The number of nitrogens with one attached hydrogen (secondary N) is 1. The molecule has 5 nitrogen and oxygen atoms in total. The van der Waals surface area contributed by atoms with Crippen LogP contribution in [0.3, 0.4) is 0 Å². The second kappa shape index (κ2) is 6.32. The van der Waals surface area contributed by atoms with Crippen LogP contribution in [0.25, 0.3) is 10.9 Å². The number of aromatic nitrogens is 2. The van der Waals surface area contributed by atoms with Crippen molar-refractivity contribution in [3.8, 4) is 6.07 Å². The molecule has 3 aromatic rings. The fourth-order valence-corrected chi connectivity index (χ4v) is 2.39. The van der Waals surface area contributed by atoms with Crippen molar-refractivity contribution in [3.05, 3.63) is 59.8 Å². The molecule has 2 aromatic heterocycles. The summed E-state index contributed by atoms with van der Waals surface area (Å²) in [5, 5.41) is 13.3. The molecule has 2 heterocycles. The predicted octanol–water partition coefficient (Wildman–Crippen LogP) is 3.18. The molecule has 0 saturated heterocycles. The zero-order valence-corrected chi connectivity index (χ0v) is 13.1. The molecule has 0 aliphatic rings. The SMILES string of the molecule is CN(C)c1cc(CNc2cccc(C#N)n2)c2ccccc2n1. The maximum absolute atomic E-state index is 8.93. The van der Waals surface area contributed by atoms with Crippen molar-refractivity contribution in [1.82, 2.24) is 9.97 Å². The fourth-order valence-electron chi connectivity index (χ4n) is 2.39. The summed E-state index contributed by atoms with van der Waals surface area (Å²) in [6.45, 7) is 0.617. The summed E-state index contributed by atoms with van der Waals surface area (Å²) < 4.78 is 0. The van der Waals surface area contributed by atoms with Crippen molar-refractivity contribution in [2.75, 3.05) is 24.3 Å². The molecule has 0 amide bonds. The molecule has 0 radical (unpaired) electrons. The van der Waals surface area contributed by atoms with Crippen LogP contribution in [0.2, 0.25) is 0 Å². The average Bonchev–Trinajstić information content (AvgIpc) is 2.59. The summed E-state index contributed by atoms with van der Waals surface area (Å²) in [6, 6.07) is 17.6. The third-order valence-electron chi connectivity index (χ3n) is 3.57. The summed E-state index contributed by atoms with van der Waals surface area (Å²) >= 11 is 0. The van der Waals surface area contributed by atoms with Crippen LogP contribution in [0.4, 0.5) is 11.6 Å². The Hall–Kier alpha value is -3.13. The molecule has 1 N–H and O–H groups in total. The number of para-hydroxylation sites is 1. The number of benzene rings is 1. The Bertz CT molecular complexity index is 880. The van der Waals surface area contributed by atoms with Gasteiger partial charge in [0.05, 0.1) is 5.52 Å². The first kappa shape index (κ1) is 14.8. The lowest BCUT2D eigenvalue weighted by atomic mass is 10.1. The van der Waals surface area contributed by atoms with E-state index in [-0.39, 0.29) is 0 Å². The predicted molar refractivity (Wildman–Crippen MR) is 92.3 cm³/mol. The monoisotopic (exact) mass is 303 g/mol. The van der Waals surface area contributed by atoms with Gasteiger partial charge in [-0.1, -0.05) is 24.3 Å². The van der Waals surface area contributed by atoms with Gasteiger partial charge in [-0.25, -0.2) is 9.97 Å². The van der Waals surface area contributed by atoms with E-state index in [0.29, 0.717) is 18.1 Å². The Labute approximate surface area is 135 Å². The van der Waals surface area contributed by atoms with Crippen molar-refractivity contribution in [2.24, 2.45) is 0 Å². The molecule has 114 valence electrons. The lowest BCUT2D eigenvalue weighted by Crippen LogP contribution is -2.12. The van der Waals surface area contributed by atoms with Crippen LogP contribution >= 0.6 is 0 Å². The van der Waals surface area contributed by atoms with E-state index in [1.807, 2.05) is 49.3 Å². The summed E-state index contributed by atoms with van der Waals surface area (Å²) in [5.74, 6) is 1.61. The van der Waals surface area contributed by atoms with Gasteiger partial charge in [0, 0.05) is 26.0 Å². The van der Waals surface area contributed by atoms with Crippen LogP contribution in [0.1, 0.15) is 11.3 Å². The molecule has 3 rings (SSSR count). The maximum atomic E-state index is 8.93. The van der Waals surface area contributed by atoms with E-state index in [4.69, 9.17) is 5.26 Å². The first-order chi connectivity index (χ1) is 11.2. The van der Waals surface area contributed by atoms with Crippen LogP contribution in [0.15, 0.2) is 48.5 Å². The van der Waals surface area contributed by atoms with Gasteiger partial charge >= 0.3 is 0 Å². The zero-order chi connectivity index (χ0) is 16.2. The smallest absolute Gasteiger partial charge is 0.142 e. The molecule has 0 aliphatic carbocycles. The highest BCUT2D eigenvalue weighted by atomic mass is 15.1. The largest absolute Gasteiger partial charge is 0.366 e. The van der Waals surface area contributed by atoms with Crippen LogP contribution in [-0.4, -0.2) is 24.1 Å². The van der Waals surface area contributed by atoms with E-state index in [0.717, 1.165) is 22.3 Å². The van der Waals surface area contributed by atoms with Crippen LogP contribution in [0, 0.1) is 11.3 Å². The number of pyridine rings is 2. The Morgan fingerprint density at radius 1 is 1.09 bits per heavy atom. The van der Waals surface area contributed by atoms with E-state index in [9.17, 15) is 0 Å². The highest BCUT2D eigenvalue weighted by Crippen LogP contribution is 2.22. The number of rotatable bonds is 4. The Balaban J connectivity index is 1.94. The third-order valence-corrected chi connectivity index (χ3v) is 3.57. The molecule has 0 aliphatic heterocycles. The summed E-state index contributed by atoms with van der Waals surface area (Å²) in [7, 11) is 3.96. The second-order valence-electron chi connectivity index (χ2n) is 5.42. The van der Waals surface area contributed by atoms with Gasteiger partial charge in [0.25, 0.3) is 0 Å². The van der Waals surface area contributed by atoms with E-state index >= 15 is 0 Å². The first-order valence-corrected chi connectivity index (χ1v) is 7.34. The molecule has 0 saturated carbocycles. The van der Waals surface area contributed by atoms with E-state index in [2.05, 4.69) is 33.5 Å². The quantitative estimate of drug-likeness (QED) is 0.802. The zero-order valence-electron chi connectivity index (χ0n) is 13.1. The summed E-state index contributed by atoms with van der Waals surface area (Å²) in [6.07, 6.45) is 0. The van der Waals surface area contributed by atoms with Gasteiger partial charge in [0.15, 0.2) is 0 Å². The highest BCUT2D eigenvalue weighted by Gasteiger charge is 2.07. The molecule has 0 atom stereocenters. The van der Waals surface area contributed by atoms with E-state index in [1.165, 1.54) is 0 Å². The van der Waals surface area contributed by atoms with Crippen LogP contribution in [-0.2, 0) is 6.54 Å². The van der Waals surface area contributed by atoms with Crippen molar-refractivity contribution in [1.29, 1.82) is 5.26 Å². The van der Waals surface area contributed by atoms with Gasteiger partial charge < -0.3 is 10.2 Å². The molecular weight excluding hydrogens is 286 g/mol. The van der Waals surface area contributed by atoms with Gasteiger partial charge in [-0.2, -0.15) is 5.26 Å². The van der Waals surface area contributed by atoms with Gasteiger partial charge in [0.2, 0.25) is 0 Å². The molecule has 0 unspecified atom stereocenters. The standard InChI is InChI=1S/C18H17N5/c1-23(2)18-10-13(15-7-3-4-8-16(15)22-18)12-20-17-9-5-6-14(11-19)21-17/h3-10H,12H2,1-2H3,(H,20,21). The number of anilines is 2. The van der Waals surface area contributed by atoms with Crippen molar-refractivity contribution < 1.29 is 0 Å². The Morgan fingerprint density at radius 3 is 2.70 bits per heavy atom. The molecular formula is C18H17N5. The summed E-state index contributed by atoms with van der Waals surface area (Å²) in [4.78, 5) is 10.9. The Kier molecular flexibility index (Phi) is 4.07. The number of nitrogens with zero attached hydrogens (tertiary/aromatic N) is 4. The normalized spacial score (nSPS) is 10.3. The van der Waals surface area contributed by atoms with Crippen LogP contribution in [0.5, 0.6) is 0 Å². The lowest BCUT2D eigenvalue weighted by molar-refractivity contribution is 1.06. The van der Waals surface area contributed by atoms with Crippen molar-refractivity contribution in [3.63, 3.8) is 0 Å². The van der Waals surface area contributed by atoms with Gasteiger partial charge in [-0.05, 0) is 29.8 Å². The fraction of sp³-hybridized carbons (Fsp3) is 0.167. The second-order valence-corrected chi connectivity index (χ2v) is 5.42. The van der Waals surface area contributed by atoms with Crippen molar-refractivity contribution >= 4 is 22.5 Å². The minimum Gasteiger partial charge on any atom is -0.366 e. The molecule has 0 fully saturated rings. The van der Waals surface area contributed by atoms with Gasteiger partial charge in [-0.15, -0.1) is 0 Å². The average molecular weight is 303 g/mol. The molecule has 1 aromatic carbocycles. The molecule has 0 bridgehead atoms. The minimum atomic E-state index is 0.406. The van der Waals surface area contributed by atoms with E-state index in [1.54, 1.807) is 6.07 Å². The van der Waals surface area contributed by atoms with Gasteiger partial charge in [0.1, 0.15) is 23.4 Å².